The first kappa shape index (κ1) is 10.7. The number of nitrogens with zero attached hydrogens (tertiary/aromatic N) is 4. The Kier molecular flexibility index (Phi) is 2.36. The van der Waals surface area contributed by atoms with Crippen molar-refractivity contribution in [3.63, 3.8) is 0 Å². The summed E-state index contributed by atoms with van der Waals surface area (Å²) in [6.45, 7) is 2.20. The van der Waals surface area contributed by atoms with Crippen molar-refractivity contribution >= 4 is 5.65 Å². The molecule has 3 rings (SSSR count). The van der Waals surface area contributed by atoms with Crippen molar-refractivity contribution in [3.05, 3.63) is 30.0 Å². The molecule has 1 fully saturated rings. The summed E-state index contributed by atoms with van der Waals surface area (Å²) in [4.78, 5) is 2.28. The highest BCUT2D eigenvalue weighted by Gasteiger charge is 2.31. The predicted octanol–water partition coefficient (Wildman–Crippen LogP) is 2.02. The van der Waals surface area contributed by atoms with Gasteiger partial charge in [0.2, 0.25) is 0 Å². The molecule has 2 atom stereocenters. The van der Waals surface area contributed by atoms with Crippen molar-refractivity contribution in [1.29, 1.82) is 0 Å². The van der Waals surface area contributed by atoms with Crippen LogP contribution in [0.15, 0.2) is 18.3 Å². The van der Waals surface area contributed by atoms with Gasteiger partial charge in [-0.3, -0.25) is 9.30 Å². The predicted molar refractivity (Wildman–Crippen MR) is 62.1 cm³/mol. The van der Waals surface area contributed by atoms with E-state index in [1.54, 1.807) is 10.5 Å². The molecule has 0 bridgehead atoms. The zero-order valence-corrected chi connectivity index (χ0v) is 9.97. The van der Waals surface area contributed by atoms with Gasteiger partial charge in [0.1, 0.15) is 5.82 Å². The summed E-state index contributed by atoms with van der Waals surface area (Å²) in [6.07, 6.45) is 3.65. The van der Waals surface area contributed by atoms with Gasteiger partial charge in [-0.2, -0.15) is 0 Å². The average Bonchev–Trinajstić information content (AvgIpc) is 2.84. The molecule has 1 aliphatic heterocycles. The summed E-state index contributed by atoms with van der Waals surface area (Å²) in [5.74, 6) is 0.582. The zero-order chi connectivity index (χ0) is 12.0. The molecule has 0 spiro atoms. The molecule has 17 heavy (non-hydrogen) atoms. The lowest BCUT2D eigenvalue weighted by Crippen LogP contribution is -2.26. The Hall–Kier alpha value is -1.49. The fourth-order valence-electron chi connectivity index (χ4n) is 2.53. The number of fused-ring (bicyclic) bond motifs is 1. The van der Waals surface area contributed by atoms with Crippen molar-refractivity contribution in [2.24, 2.45) is 0 Å². The molecule has 0 aliphatic carbocycles. The van der Waals surface area contributed by atoms with Crippen LogP contribution in [0.3, 0.4) is 0 Å². The molecule has 0 saturated carbocycles. The summed E-state index contributed by atoms with van der Waals surface area (Å²) in [7, 11) is 2.09. The number of hydrogen-bond acceptors (Lipinski definition) is 3. The molecule has 0 radical (unpaired) electrons. The van der Waals surface area contributed by atoms with E-state index in [1.165, 1.54) is 12.3 Å². The molecule has 90 valence electrons. The summed E-state index contributed by atoms with van der Waals surface area (Å²) < 4.78 is 15.0. The molecule has 5 heteroatoms. The van der Waals surface area contributed by atoms with Crippen LogP contribution < -0.4 is 0 Å². The van der Waals surface area contributed by atoms with E-state index in [0.717, 1.165) is 18.7 Å². The van der Waals surface area contributed by atoms with E-state index in [9.17, 15) is 4.39 Å². The molecule has 1 saturated heterocycles. The number of hydrogen-bond donors (Lipinski definition) is 0. The second-order valence-corrected chi connectivity index (χ2v) is 4.74. The third-order valence-electron chi connectivity index (χ3n) is 3.74. The van der Waals surface area contributed by atoms with E-state index in [2.05, 4.69) is 29.1 Å². The quantitative estimate of drug-likeness (QED) is 0.757. The summed E-state index contributed by atoms with van der Waals surface area (Å²) in [6, 6.07) is 3.85. The van der Waals surface area contributed by atoms with Crippen LogP contribution in [0.25, 0.3) is 5.65 Å². The standard InChI is InChI=1S/C12H15FN4/c1-8-3-5-10(16(8)2)12-15-14-11-6-4-9(13)7-17(11)12/h4,6-8,10H,3,5H2,1-2H3/t8-,10-/m0/s1. The minimum Gasteiger partial charge on any atom is -0.294 e. The van der Waals surface area contributed by atoms with Crippen molar-refractivity contribution < 1.29 is 4.39 Å². The van der Waals surface area contributed by atoms with Crippen molar-refractivity contribution in [2.75, 3.05) is 7.05 Å². The van der Waals surface area contributed by atoms with Gasteiger partial charge in [0, 0.05) is 12.2 Å². The topological polar surface area (TPSA) is 33.4 Å². The number of halogens is 1. The normalized spacial score (nSPS) is 25.8. The van der Waals surface area contributed by atoms with E-state index in [1.807, 2.05) is 0 Å². The minimum atomic E-state index is -0.257. The van der Waals surface area contributed by atoms with Crippen LogP contribution in [-0.2, 0) is 0 Å². The van der Waals surface area contributed by atoms with E-state index >= 15 is 0 Å². The molecule has 0 aromatic carbocycles. The van der Waals surface area contributed by atoms with Crippen LogP contribution in [0.5, 0.6) is 0 Å². The summed E-state index contributed by atoms with van der Waals surface area (Å²) in [5, 5.41) is 8.29. The maximum absolute atomic E-state index is 13.3. The fourth-order valence-corrected chi connectivity index (χ4v) is 2.53. The van der Waals surface area contributed by atoms with Crippen LogP contribution in [-0.4, -0.2) is 32.6 Å². The zero-order valence-electron chi connectivity index (χ0n) is 9.97. The highest BCUT2D eigenvalue weighted by molar-refractivity contribution is 5.38. The molecular weight excluding hydrogens is 219 g/mol. The van der Waals surface area contributed by atoms with Gasteiger partial charge in [-0.05, 0) is 38.9 Å². The lowest BCUT2D eigenvalue weighted by molar-refractivity contribution is 0.247. The lowest BCUT2D eigenvalue weighted by atomic mass is 10.2. The lowest BCUT2D eigenvalue weighted by Gasteiger charge is -2.21. The maximum Gasteiger partial charge on any atom is 0.160 e. The first-order valence-electron chi connectivity index (χ1n) is 5.89. The Morgan fingerprint density at radius 3 is 2.82 bits per heavy atom. The Bertz CT molecular complexity index is 550. The molecule has 4 nitrogen and oxygen atoms in total. The van der Waals surface area contributed by atoms with Crippen LogP contribution in [0, 0.1) is 5.82 Å². The SMILES string of the molecule is C[C@H]1CC[C@@H](c2nnc3ccc(F)cn23)N1C. The van der Waals surface area contributed by atoms with E-state index < -0.39 is 0 Å². The highest BCUT2D eigenvalue weighted by atomic mass is 19.1. The van der Waals surface area contributed by atoms with Crippen LogP contribution >= 0.6 is 0 Å². The van der Waals surface area contributed by atoms with Gasteiger partial charge in [-0.25, -0.2) is 4.39 Å². The molecular formula is C12H15FN4. The van der Waals surface area contributed by atoms with Gasteiger partial charge in [-0.15, -0.1) is 10.2 Å². The number of aromatic nitrogens is 3. The van der Waals surface area contributed by atoms with Crippen molar-refractivity contribution in [2.45, 2.75) is 31.8 Å². The van der Waals surface area contributed by atoms with Gasteiger partial charge in [0.15, 0.2) is 11.5 Å². The Labute approximate surface area is 99.1 Å². The Balaban J connectivity index is 2.08. The molecule has 0 N–H and O–H groups in total. The monoisotopic (exact) mass is 234 g/mol. The van der Waals surface area contributed by atoms with Crippen molar-refractivity contribution in [1.82, 2.24) is 19.5 Å². The van der Waals surface area contributed by atoms with Gasteiger partial charge in [-0.1, -0.05) is 0 Å². The van der Waals surface area contributed by atoms with E-state index in [-0.39, 0.29) is 11.9 Å². The van der Waals surface area contributed by atoms with E-state index in [4.69, 9.17) is 0 Å². The third kappa shape index (κ3) is 1.61. The van der Waals surface area contributed by atoms with Gasteiger partial charge in [0.05, 0.1) is 6.04 Å². The molecule has 2 aromatic rings. The van der Waals surface area contributed by atoms with Crippen LogP contribution in [0.2, 0.25) is 0 Å². The second kappa shape index (κ2) is 3.77. The average molecular weight is 234 g/mol. The van der Waals surface area contributed by atoms with Gasteiger partial charge >= 0.3 is 0 Å². The van der Waals surface area contributed by atoms with E-state index in [0.29, 0.717) is 11.7 Å². The Morgan fingerprint density at radius 1 is 1.29 bits per heavy atom. The first-order chi connectivity index (χ1) is 8.16. The third-order valence-corrected chi connectivity index (χ3v) is 3.74. The minimum absolute atomic E-state index is 0.238. The highest BCUT2D eigenvalue weighted by Crippen LogP contribution is 2.33. The fraction of sp³-hybridized carbons (Fsp3) is 0.500. The van der Waals surface area contributed by atoms with Crippen molar-refractivity contribution in [3.8, 4) is 0 Å². The largest absolute Gasteiger partial charge is 0.294 e. The molecule has 0 amide bonds. The van der Waals surface area contributed by atoms with Gasteiger partial charge in [0.25, 0.3) is 0 Å². The number of pyridine rings is 1. The molecule has 1 aliphatic rings. The van der Waals surface area contributed by atoms with Gasteiger partial charge < -0.3 is 0 Å². The summed E-state index contributed by atoms with van der Waals surface area (Å²) >= 11 is 0. The first-order valence-corrected chi connectivity index (χ1v) is 5.89. The number of likely N-dealkylation sites (tertiary alicyclic amines) is 1. The molecule has 0 unspecified atom stereocenters. The molecule has 3 heterocycles. The number of rotatable bonds is 1. The molecule has 2 aromatic heterocycles. The van der Waals surface area contributed by atoms with Crippen LogP contribution in [0.4, 0.5) is 4.39 Å². The van der Waals surface area contributed by atoms with Crippen LogP contribution in [0.1, 0.15) is 31.6 Å². The Morgan fingerprint density at radius 2 is 2.12 bits per heavy atom. The second-order valence-electron chi connectivity index (χ2n) is 4.74. The summed E-state index contributed by atoms with van der Waals surface area (Å²) in [5.41, 5.74) is 0.703. The smallest absolute Gasteiger partial charge is 0.160 e. The maximum atomic E-state index is 13.3.